The average molecular weight is 611 g/mol. The first kappa shape index (κ1) is 39.9. The molecule has 15 nitrogen and oxygen atoms in total. The van der Waals surface area contributed by atoms with Gasteiger partial charge in [0.05, 0.1) is 126 Å². The summed E-state index contributed by atoms with van der Waals surface area (Å²) in [5.41, 5.74) is 0. The van der Waals surface area contributed by atoms with Crippen molar-refractivity contribution in [2.75, 3.05) is 145 Å². The second kappa shape index (κ2) is 35.1. The van der Waals surface area contributed by atoms with Gasteiger partial charge in [-0.1, -0.05) is 5.92 Å². The average Bonchev–Trinajstić information content (AvgIpc) is 2.98. The Bertz CT molecular complexity index is 638. The molecule has 42 heavy (non-hydrogen) atoms. The Labute approximate surface area is 249 Å². The fourth-order valence-electron chi connectivity index (χ4n) is 2.74. The van der Waals surface area contributed by atoms with E-state index < -0.39 is 6.09 Å². The molecular formula is C27H50N2O13. The number of hydrogen-bond acceptors (Lipinski definition) is 12. The largest absolute Gasteiger partial charge is 0.465 e. The Morgan fingerprint density at radius 1 is 0.476 bits per heavy atom. The first-order valence-electron chi connectivity index (χ1n) is 14.1. The maximum atomic E-state index is 11.8. The minimum absolute atomic E-state index is 0.101. The first-order chi connectivity index (χ1) is 20.7. The van der Waals surface area contributed by atoms with Crippen LogP contribution in [0.3, 0.4) is 0 Å². The molecular weight excluding hydrogens is 560 g/mol. The highest BCUT2D eigenvalue weighted by atomic mass is 16.6. The third-order valence-electron chi connectivity index (χ3n) is 4.73. The molecule has 0 aliphatic rings. The van der Waals surface area contributed by atoms with Crippen LogP contribution in [0.5, 0.6) is 0 Å². The zero-order chi connectivity index (χ0) is 30.6. The monoisotopic (exact) mass is 610 g/mol. The van der Waals surface area contributed by atoms with Gasteiger partial charge in [0.1, 0.15) is 6.61 Å². The van der Waals surface area contributed by atoms with Crippen molar-refractivity contribution in [2.45, 2.75) is 6.42 Å². The van der Waals surface area contributed by atoms with Gasteiger partial charge in [-0.15, -0.1) is 6.42 Å². The highest BCUT2D eigenvalue weighted by Crippen LogP contribution is 1.87. The summed E-state index contributed by atoms with van der Waals surface area (Å²) in [5.74, 6) is 2.28. The number of carboxylic acid groups (broad SMARTS) is 1. The Morgan fingerprint density at radius 3 is 1.14 bits per heavy atom. The summed E-state index contributed by atoms with van der Waals surface area (Å²) in [6.45, 7) is 9.08. The molecule has 0 aromatic heterocycles. The maximum Gasteiger partial charge on any atom is 0.404 e. The van der Waals surface area contributed by atoms with Crippen molar-refractivity contribution in [3.05, 3.63) is 0 Å². The third-order valence-corrected chi connectivity index (χ3v) is 4.73. The van der Waals surface area contributed by atoms with Crippen LogP contribution in [0.4, 0.5) is 4.79 Å². The maximum absolute atomic E-state index is 11.8. The molecule has 0 aromatic carbocycles. The summed E-state index contributed by atoms with van der Waals surface area (Å²) in [7, 11) is 0. The molecule has 0 unspecified atom stereocenters. The van der Waals surface area contributed by atoms with E-state index in [4.69, 9.17) is 58.9 Å². The van der Waals surface area contributed by atoms with Crippen LogP contribution in [0.15, 0.2) is 0 Å². The van der Waals surface area contributed by atoms with Gasteiger partial charge in [-0.2, -0.15) is 0 Å². The number of carbonyl (C=O) groups excluding carboxylic acids is 1. The molecule has 2 amide bonds. The number of hydrogen-bond donors (Lipinski definition) is 3. The topological polar surface area (TPSA) is 171 Å². The van der Waals surface area contributed by atoms with E-state index in [2.05, 4.69) is 16.6 Å². The van der Waals surface area contributed by atoms with Crippen LogP contribution in [0.2, 0.25) is 0 Å². The molecule has 3 N–H and O–H groups in total. The lowest BCUT2D eigenvalue weighted by Crippen LogP contribution is -2.28. The molecule has 0 aliphatic carbocycles. The van der Waals surface area contributed by atoms with E-state index in [9.17, 15) is 9.59 Å². The molecule has 0 aliphatic heterocycles. The van der Waals surface area contributed by atoms with Crippen molar-refractivity contribution in [3.8, 4) is 12.3 Å². The molecule has 0 saturated carbocycles. The lowest BCUT2D eigenvalue weighted by molar-refractivity contribution is -0.122. The van der Waals surface area contributed by atoms with Crippen molar-refractivity contribution in [3.63, 3.8) is 0 Å². The molecule has 0 rings (SSSR count). The SMILES string of the molecule is C#CCOCCOCCOCCOCCOCCC(=O)NCCOCCOCCOCCOCCOCCNC(=O)O. The van der Waals surface area contributed by atoms with E-state index in [0.717, 1.165) is 0 Å². The number of carbonyl (C=O) groups is 2. The van der Waals surface area contributed by atoms with E-state index in [-0.39, 0.29) is 18.9 Å². The van der Waals surface area contributed by atoms with Crippen LogP contribution in [0, 0.1) is 12.3 Å². The summed E-state index contributed by atoms with van der Waals surface area (Å²) in [4.78, 5) is 22.0. The predicted octanol–water partition coefficient (Wildman–Crippen LogP) is -0.440. The molecule has 0 atom stereocenters. The Hall–Kier alpha value is -2.10. The molecule has 0 fully saturated rings. The van der Waals surface area contributed by atoms with Crippen LogP contribution >= 0.6 is 0 Å². The van der Waals surface area contributed by atoms with Crippen LogP contribution in [0.1, 0.15) is 6.42 Å². The van der Waals surface area contributed by atoms with Crippen molar-refractivity contribution in [1.82, 2.24) is 10.6 Å². The number of nitrogens with one attached hydrogen (secondary N) is 2. The fourth-order valence-corrected chi connectivity index (χ4v) is 2.74. The third kappa shape index (κ3) is 35.9. The Balaban J connectivity index is 3.15. The van der Waals surface area contributed by atoms with Crippen LogP contribution < -0.4 is 10.6 Å². The lowest BCUT2D eigenvalue weighted by atomic mass is 10.4. The normalized spacial score (nSPS) is 10.9. The fraction of sp³-hybridized carbons (Fsp3) is 0.852. The standard InChI is InChI=1S/C27H50N2O13/c1-2-6-33-10-14-37-18-22-41-23-19-38-15-11-34-7-3-26(30)28-4-8-35-12-16-39-20-24-42-25-21-40-17-13-36-9-5-29-27(31)32/h1,29H,3-25H2,(H,28,30)(H,31,32). The molecule has 0 radical (unpaired) electrons. The summed E-state index contributed by atoms with van der Waals surface area (Å²) >= 11 is 0. The van der Waals surface area contributed by atoms with Gasteiger partial charge in [0.2, 0.25) is 5.91 Å². The summed E-state index contributed by atoms with van der Waals surface area (Å²) in [5, 5.41) is 13.4. The molecule has 0 spiro atoms. The molecule has 0 saturated heterocycles. The minimum atomic E-state index is -1.07. The van der Waals surface area contributed by atoms with Gasteiger partial charge in [-0.05, 0) is 0 Å². The van der Waals surface area contributed by atoms with Crippen molar-refractivity contribution in [1.29, 1.82) is 0 Å². The molecule has 0 aromatic rings. The second-order valence-corrected chi connectivity index (χ2v) is 8.10. The van der Waals surface area contributed by atoms with Gasteiger partial charge in [0.15, 0.2) is 0 Å². The lowest BCUT2D eigenvalue weighted by Gasteiger charge is -2.09. The van der Waals surface area contributed by atoms with E-state index in [0.29, 0.717) is 139 Å². The van der Waals surface area contributed by atoms with E-state index in [1.54, 1.807) is 0 Å². The van der Waals surface area contributed by atoms with Crippen LogP contribution in [-0.2, 0) is 52.2 Å². The Kier molecular flexibility index (Phi) is 33.3. The quantitative estimate of drug-likeness (QED) is 0.0633. The van der Waals surface area contributed by atoms with Gasteiger partial charge in [0, 0.05) is 19.5 Å². The number of terminal acetylenes is 1. The van der Waals surface area contributed by atoms with E-state index in [1.165, 1.54) is 0 Å². The molecule has 0 heterocycles. The van der Waals surface area contributed by atoms with Gasteiger partial charge < -0.3 is 63.1 Å². The zero-order valence-corrected chi connectivity index (χ0v) is 24.7. The van der Waals surface area contributed by atoms with Gasteiger partial charge >= 0.3 is 6.09 Å². The number of ether oxygens (including phenoxy) is 10. The summed E-state index contributed by atoms with van der Waals surface area (Å²) in [6.07, 6.45) is 4.27. The van der Waals surface area contributed by atoms with Crippen molar-refractivity contribution < 1.29 is 62.1 Å². The van der Waals surface area contributed by atoms with Crippen LogP contribution in [-0.4, -0.2) is 162 Å². The minimum Gasteiger partial charge on any atom is -0.465 e. The molecule has 15 heteroatoms. The van der Waals surface area contributed by atoms with E-state index in [1.807, 2.05) is 0 Å². The van der Waals surface area contributed by atoms with Gasteiger partial charge in [0.25, 0.3) is 0 Å². The van der Waals surface area contributed by atoms with E-state index >= 15 is 0 Å². The number of rotatable bonds is 34. The summed E-state index contributed by atoms with van der Waals surface area (Å²) < 4.78 is 53.3. The Morgan fingerprint density at radius 2 is 0.786 bits per heavy atom. The van der Waals surface area contributed by atoms with Crippen molar-refractivity contribution >= 4 is 12.0 Å². The van der Waals surface area contributed by atoms with Gasteiger partial charge in [-0.25, -0.2) is 4.79 Å². The zero-order valence-electron chi connectivity index (χ0n) is 24.7. The number of amides is 2. The second-order valence-electron chi connectivity index (χ2n) is 8.10. The molecule has 246 valence electrons. The first-order valence-corrected chi connectivity index (χ1v) is 14.1. The summed E-state index contributed by atoms with van der Waals surface area (Å²) in [6, 6.07) is 0. The predicted molar refractivity (Wildman–Crippen MR) is 151 cm³/mol. The van der Waals surface area contributed by atoms with Crippen LogP contribution in [0.25, 0.3) is 0 Å². The highest BCUT2D eigenvalue weighted by Gasteiger charge is 2.01. The highest BCUT2D eigenvalue weighted by molar-refractivity contribution is 5.75. The smallest absolute Gasteiger partial charge is 0.404 e. The van der Waals surface area contributed by atoms with Crippen molar-refractivity contribution in [2.24, 2.45) is 0 Å². The van der Waals surface area contributed by atoms with Gasteiger partial charge in [-0.3, -0.25) is 4.79 Å². The molecule has 0 bridgehead atoms.